The van der Waals surface area contributed by atoms with Crippen LogP contribution in [0.25, 0.3) is 0 Å². The second-order valence-electron chi connectivity index (χ2n) is 4.97. The standard InChI is InChI=1S/C13H27N3OS.HI/c1-4-6-8-16(3)12(14-5-2)15-10-13(17)7-9-18-11-13;/h17H,4-11H2,1-3H3,(H,14,15);1H. The number of nitrogens with zero attached hydrogens (tertiary/aromatic N) is 2. The van der Waals surface area contributed by atoms with Gasteiger partial charge >= 0.3 is 0 Å². The minimum atomic E-state index is -0.586. The van der Waals surface area contributed by atoms with Crippen molar-refractivity contribution in [1.82, 2.24) is 10.2 Å². The molecule has 0 aliphatic carbocycles. The molecule has 0 bridgehead atoms. The van der Waals surface area contributed by atoms with E-state index in [1.807, 2.05) is 11.8 Å². The molecule has 1 atom stereocenters. The van der Waals surface area contributed by atoms with Crippen molar-refractivity contribution in [2.24, 2.45) is 4.99 Å². The third-order valence-electron chi connectivity index (χ3n) is 3.15. The van der Waals surface area contributed by atoms with Crippen molar-refractivity contribution >= 4 is 41.7 Å². The molecule has 1 saturated heterocycles. The van der Waals surface area contributed by atoms with E-state index in [0.29, 0.717) is 6.54 Å². The first-order chi connectivity index (χ1) is 8.61. The van der Waals surface area contributed by atoms with Gasteiger partial charge in [-0.1, -0.05) is 13.3 Å². The summed E-state index contributed by atoms with van der Waals surface area (Å²) in [6.07, 6.45) is 3.21. The fourth-order valence-electron chi connectivity index (χ4n) is 1.91. The molecule has 0 aromatic heterocycles. The van der Waals surface area contributed by atoms with Crippen molar-refractivity contribution in [1.29, 1.82) is 0 Å². The van der Waals surface area contributed by atoms with E-state index in [0.717, 1.165) is 37.0 Å². The maximum Gasteiger partial charge on any atom is 0.193 e. The van der Waals surface area contributed by atoms with Gasteiger partial charge in [-0.05, 0) is 25.5 Å². The van der Waals surface area contributed by atoms with Crippen LogP contribution in [0.5, 0.6) is 0 Å². The third kappa shape index (κ3) is 7.04. The quantitative estimate of drug-likeness (QED) is 0.407. The van der Waals surface area contributed by atoms with Gasteiger partial charge in [0.2, 0.25) is 0 Å². The Labute approximate surface area is 138 Å². The highest BCUT2D eigenvalue weighted by atomic mass is 127. The number of aliphatic hydroxyl groups is 1. The van der Waals surface area contributed by atoms with Crippen LogP contribution in [-0.4, -0.2) is 59.8 Å². The van der Waals surface area contributed by atoms with Gasteiger partial charge in [0, 0.05) is 25.9 Å². The molecule has 1 heterocycles. The summed E-state index contributed by atoms with van der Waals surface area (Å²) in [6.45, 7) is 6.65. The number of thioether (sulfide) groups is 1. The topological polar surface area (TPSA) is 47.9 Å². The molecule has 0 amide bonds. The van der Waals surface area contributed by atoms with Crippen LogP contribution in [0.4, 0.5) is 0 Å². The van der Waals surface area contributed by atoms with Crippen LogP contribution in [0.2, 0.25) is 0 Å². The maximum atomic E-state index is 10.3. The van der Waals surface area contributed by atoms with E-state index in [1.165, 1.54) is 12.8 Å². The number of hydrogen-bond acceptors (Lipinski definition) is 3. The first kappa shape index (κ1) is 19.3. The van der Waals surface area contributed by atoms with Crippen molar-refractivity contribution in [3.8, 4) is 0 Å². The molecule has 1 aliphatic heterocycles. The molecule has 114 valence electrons. The molecule has 1 rings (SSSR count). The molecule has 1 fully saturated rings. The van der Waals surface area contributed by atoms with Gasteiger partial charge in [-0.3, -0.25) is 4.99 Å². The van der Waals surface area contributed by atoms with Crippen molar-refractivity contribution < 1.29 is 5.11 Å². The smallest absolute Gasteiger partial charge is 0.193 e. The normalized spacial score (nSPS) is 23.1. The highest BCUT2D eigenvalue weighted by molar-refractivity contribution is 14.0. The fourth-order valence-corrected chi connectivity index (χ4v) is 3.20. The van der Waals surface area contributed by atoms with E-state index in [9.17, 15) is 5.11 Å². The van der Waals surface area contributed by atoms with Crippen LogP contribution in [-0.2, 0) is 0 Å². The second kappa shape index (κ2) is 10.1. The summed E-state index contributed by atoms with van der Waals surface area (Å²) in [5.74, 6) is 2.78. The van der Waals surface area contributed by atoms with Gasteiger partial charge < -0.3 is 15.3 Å². The Kier molecular flexibility index (Phi) is 10.3. The molecular formula is C13H28IN3OS. The van der Waals surface area contributed by atoms with E-state index < -0.39 is 5.60 Å². The molecule has 19 heavy (non-hydrogen) atoms. The first-order valence-electron chi connectivity index (χ1n) is 6.91. The van der Waals surface area contributed by atoms with Gasteiger partial charge in [-0.2, -0.15) is 11.8 Å². The zero-order chi connectivity index (χ0) is 13.4. The van der Waals surface area contributed by atoms with Crippen LogP contribution in [0.3, 0.4) is 0 Å². The Morgan fingerprint density at radius 3 is 2.74 bits per heavy atom. The van der Waals surface area contributed by atoms with E-state index in [2.05, 4.69) is 36.1 Å². The van der Waals surface area contributed by atoms with Gasteiger partial charge in [0.25, 0.3) is 0 Å². The number of nitrogens with one attached hydrogen (secondary N) is 1. The van der Waals surface area contributed by atoms with E-state index in [4.69, 9.17) is 0 Å². The summed E-state index contributed by atoms with van der Waals surface area (Å²) in [6, 6.07) is 0. The summed E-state index contributed by atoms with van der Waals surface area (Å²) < 4.78 is 0. The Morgan fingerprint density at radius 1 is 1.47 bits per heavy atom. The van der Waals surface area contributed by atoms with Gasteiger partial charge in [0.1, 0.15) is 0 Å². The van der Waals surface area contributed by atoms with Crippen molar-refractivity contribution in [3.63, 3.8) is 0 Å². The Balaban J connectivity index is 0.00000324. The summed E-state index contributed by atoms with van der Waals surface area (Å²) in [5.41, 5.74) is -0.586. The molecular weight excluding hydrogens is 373 g/mol. The molecule has 0 spiro atoms. The van der Waals surface area contributed by atoms with Crippen LogP contribution in [0.1, 0.15) is 33.1 Å². The predicted molar refractivity (Wildman–Crippen MR) is 95.8 cm³/mol. The van der Waals surface area contributed by atoms with E-state index in [-0.39, 0.29) is 24.0 Å². The lowest BCUT2D eigenvalue weighted by atomic mass is 10.1. The molecule has 0 aromatic carbocycles. The van der Waals surface area contributed by atoms with E-state index in [1.54, 1.807) is 0 Å². The highest BCUT2D eigenvalue weighted by Gasteiger charge is 2.31. The largest absolute Gasteiger partial charge is 0.387 e. The lowest BCUT2D eigenvalue weighted by Crippen LogP contribution is -2.41. The summed E-state index contributed by atoms with van der Waals surface area (Å²) in [4.78, 5) is 6.74. The minimum absolute atomic E-state index is 0. The van der Waals surface area contributed by atoms with Crippen LogP contribution >= 0.6 is 35.7 Å². The molecule has 0 radical (unpaired) electrons. The SMILES string of the molecule is CCCCN(C)C(=NCC1(O)CCSC1)NCC.I. The zero-order valence-corrected chi connectivity index (χ0v) is 15.5. The average molecular weight is 401 g/mol. The second-order valence-corrected chi connectivity index (χ2v) is 6.08. The van der Waals surface area contributed by atoms with Crippen LogP contribution < -0.4 is 5.32 Å². The molecule has 0 aromatic rings. The summed E-state index contributed by atoms with van der Waals surface area (Å²) in [7, 11) is 2.06. The van der Waals surface area contributed by atoms with Crippen LogP contribution in [0.15, 0.2) is 4.99 Å². The Bertz CT molecular complexity index is 271. The van der Waals surface area contributed by atoms with Gasteiger partial charge in [-0.25, -0.2) is 0 Å². The molecule has 2 N–H and O–H groups in total. The van der Waals surface area contributed by atoms with E-state index >= 15 is 0 Å². The Hall–Kier alpha value is 0.310. The highest BCUT2D eigenvalue weighted by Crippen LogP contribution is 2.27. The molecule has 1 unspecified atom stereocenters. The molecule has 0 saturated carbocycles. The van der Waals surface area contributed by atoms with Gasteiger partial charge in [-0.15, -0.1) is 24.0 Å². The zero-order valence-electron chi connectivity index (χ0n) is 12.3. The van der Waals surface area contributed by atoms with Crippen LogP contribution in [0, 0.1) is 0 Å². The predicted octanol–water partition coefficient (Wildman–Crippen LogP) is 2.17. The summed E-state index contributed by atoms with van der Waals surface area (Å²) in [5, 5.41) is 13.6. The van der Waals surface area contributed by atoms with Gasteiger partial charge in [0.15, 0.2) is 5.96 Å². The third-order valence-corrected chi connectivity index (χ3v) is 4.38. The Morgan fingerprint density at radius 2 is 2.21 bits per heavy atom. The number of hydrogen-bond donors (Lipinski definition) is 2. The number of guanidine groups is 1. The lowest BCUT2D eigenvalue weighted by Gasteiger charge is -2.24. The lowest BCUT2D eigenvalue weighted by molar-refractivity contribution is 0.0776. The van der Waals surface area contributed by atoms with Crippen molar-refractivity contribution in [3.05, 3.63) is 0 Å². The van der Waals surface area contributed by atoms with Gasteiger partial charge in [0.05, 0.1) is 12.1 Å². The number of unbranched alkanes of at least 4 members (excludes halogenated alkanes) is 1. The van der Waals surface area contributed by atoms with Crippen molar-refractivity contribution in [2.45, 2.75) is 38.7 Å². The van der Waals surface area contributed by atoms with Crippen molar-refractivity contribution in [2.75, 3.05) is 38.2 Å². The fraction of sp³-hybridized carbons (Fsp3) is 0.923. The number of rotatable bonds is 6. The average Bonchev–Trinajstić information content (AvgIpc) is 2.79. The number of halogens is 1. The summed E-state index contributed by atoms with van der Waals surface area (Å²) >= 11 is 1.82. The maximum absolute atomic E-state index is 10.3. The minimum Gasteiger partial charge on any atom is -0.387 e. The molecule has 4 nitrogen and oxygen atoms in total. The molecule has 1 aliphatic rings. The monoisotopic (exact) mass is 401 g/mol. The first-order valence-corrected chi connectivity index (χ1v) is 8.06. The number of aliphatic imine (C=N–C) groups is 1. The molecule has 6 heteroatoms.